The Balaban J connectivity index is 2.18. The number of anilines is 1. The summed E-state index contributed by atoms with van der Waals surface area (Å²) in [5, 5.41) is 20.5. The third kappa shape index (κ3) is 2.81. The quantitative estimate of drug-likeness (QED) is 0.855. The smallest absolute Gasteiger partial charge is 0.243 e. The molecule has 0 aliphatic rings. The molecule has 0 amide bonds. The molecular weight excluding hydrogens is 228 g/mol. The van der Waals surface area contributed by atoms with Crippen LogP contribution in [0.2, 0.25) is 0 Å². The van der Waals surface area contributed by atoms with E-state index in [4.69, 9.17) is 0 Å². The molecule has 1 aromatic carbocycles. The van der Waals surface area contributed by atoms with Crippen LogP contribution in [0.25, 0.3) is 0 Å². The Hall–Kier alpha value is -2.01. The van der Waals surface area contributed by atoms with Crippen molar-refractivity contribution in [1.82, 2.24) is 15.2 Å². The highest BCUT2D eigenvalue weighted by molar-refractivity contribution is 5.32. The number of hydrogen-bond donors (Lipinski definition) is 2. The number of aromatic nitrogens is 3. The Labute approximate surface area is 106 Å². The number of nitrogens with one attached hydrogen (secondary N) is 1. The zero-order valence-corrected chi connectivity index (χ0v) is 10.5. The van der Waals surface area contributed by atoms with Crippen molar-refractivity contribution in [2.24, 2.45) is 0 Å². The Kier molecular flexibility index (Phi) is 3.84. The van der Waals surface area contributed by atoms with Gasteiger partial charge in [-0.15, -0.1) is 5.10 Å². The summed E-state index contributed by atoms with van der Waals surface area (Å²) in [5.41, 5.74) is 2.62. The largest absolute Gasteiger partial charge is 0.394 e. The molecule has 0 aliphatic heterocycles. The summed E-state index contributed by atoms with van der Waals surface area (Å²) in [6.45, 7) is 3.71. The molecule has 0 bridgehead atoms. The molecule has 0 aliphatic carbocycles. The molecule has 1 aromatic heterocycles. The summed E-state index contributed by atoms with van der Waals surface area (Å²) in [6, 6.07) is 9.46. The van der Waals surface area contributed by atoms with Crippen LogP contribution in [0.3, 0.4) is 0 Å². The third-order valence-corrected chi connectivity index (χ3v) is 2.78. The average Bonchev–Trinajstić information content (AvgIpc) is 2.41. The summed E-state index contributed by atoms with van der Waals surface area (Å²) in [4.78, 5) is 4.29. The molecule has 0 spiro atoms. The second kappa shape index (κ2) is 5.55. The topological polar surface area (TPSA) is 70.9 Å². The molecule has 1 atom stereocenters. The molecule has 0 saturated heterocycles. The number of benzene rings is 1. The Morgan fingerprint density at radius 1 is 1.11 bits per heavy atom. The zero-order valence-electron chi connectivity index (χ0n) is 10.5. The molecule has 1 heterocycles. The summed E-state index contributed by atoms with van der Waals surface area (Å²) in [7, 11) is 0. The van der Waals surface area contributed by atoms with Gasteiger partial charge in [0.2, 0.25) is 5.95 Å². The maximum absolute atomic E-state index is 9.43. The van der Waals surface area contributed by atoms with E-state index in [-0.39, 0.29) is 12.6 Å². The summed E-state index contributed by atoms with van der Waals surface area (Å²) < 4.78 is 0. The number of rotatable bonds is 4. The van der Waals surface area contributed by atoms with Gasteiger partial charge in [0, 0.05) is 0 Å². The van der Waals surface area contributed by atoms with E-state index in [1.165, 1.54) is 0 Å². The van der Waals surface area contributed by atoms with Gasteiger partial charge in [0.1, 0.15) is 0 Å². The van der Waals surface area contributed by atoms with Crippen molar-refractivity contribution in [2.45, 2.75) is 19.9 Å². The van der Waals surface area contributed by atoms with Gasteiger partial charge in [-0.1, -0.05) is 30.3 Å². The molecule has 0 radical (unpaired) electrons. The minimum absolute atomic E-state index is 0.0275. The third-order valence-electron chi connectivity index (χ3n) is 2.78. The number of aliphatic hydroxyl groups excluding tert-OH is 1. The van der Waals surface area contributed by atoms with E-state index < -0.39 is 0 Å². The van der Waals surface area contributed by atoms with E-state index in [1.54, 1.807) is 0 Å². The Bertz CT molecular complexity index is 516. The highest BCUT2D eigenvalue weighted by atomic mass is 16.3. The van der Waals surface area contributed by atoms with Gasteiger partial charge in [0.15, 0.2) is 0 Å². The summed E-state index contributed by atoms with van der Waals surface area (Å²) >= 11 is 0. The molecule has 5 nitrogen and oxygen atoms in total. The van der Waals surface area contributed by atoms with Crippen LogP contribution in [0.5, 0.6) is 0 Å². The summed E-state index contributed by atoms with van der Waals surface area (Å²) in [5.74, 6) is 0.431. The number of nitrogens with zero attached hydrogens (tertiary/aromatic N) is 3. The first kappa shape index (κ1) is 12.4. The first-order valence-electron chi connectivity index (χ1n) is 5.81. The van der Waals surface area contributed by atoms with Crippen LogP contribution in [0.4, 0.5) is 5.95 Å². The van der Waals surface area contributed by atoms with Crippen molar-refractivity contribution >= 4 is 5.95 Å². The number of aliphatic hydroxyl groups is 1. The van der Waals surface area contributed by atoms with E-state index >= 15 is 0 Å². The first-order valence-corrected chi connectivity index (χ1v) is 5.81. The Morgan fingerprint density at radius 3 is 2.44 bits per heavy atom. The maximum Gasteiger partial charge on any atom is 0.243 e. The monoisotopic (exact) mass is 244 g/mol. The maximum atomic E-state index is 9.43. The first-order chi connectivity index (χ1) is 8.70. The van der Waals surface area contributed by atoms with Crippen molar-refractivity contribution in [3.8, 4) is 0 Å². The van der Waals surface area contributed by atoms with Gasteiger partial charge >= 0.3 is 0 Å². The second-order valence-electron chi connectivity index (χ2n) is 4.10. The lowest BCUT2D eigenvalue weighted by molar-refractivity contribution is 0.275. The lowest BCUT2D eigenvalue weighted by atomic mass is 10.1. The lowest BCUT2D eigenvalue weighted by Crippen LogP contribution is -2.17. The molecular formula is C13H16N4O. The van der Waals surface area contributed by atoms with Crippen molar-refractivity contribution < 1.29 is 5.11 Å². The predicted octanol–water partition coefficient (Wildman–Crippen LogP) is 1.63. The Morgan fingerprint density at radius 2 is 1.83 bits per heavy atom. The van der Waals surface area contributed by atoms with Crippen LogP contribution in [0.1, 0.15) is 23.0 Å². The lowest BCUT2D eigenvalue weighted by Gasteiger charge is -2.16. The average molecular weight is 244 g/mol. The van der Waals surface area contributed by atoms with Gasteiger partial charge in [0.05, 0.1) is 24.0 Å². The SMILES string of the molecule is Cc1nnc(NC(CO)c2ccccc2)nc1C. The van der Waals surface area contributed by atoms with E-state index in [1.807, 2.05) is 44.2 Å². The molecule has 0 fully saturated rings. The molecule has 18 heavy (non-hydrogen) atoms. The van der Waals surface area contributed by atoms with Crippen LogP contribution in [0, 0.1) is 13.8 Å². The second-order valence-corrected chi connectivity index (χ2v) is 4.10. The molecule has 2 N–H and O–H groups in total. The van der Waals surface area contributed by atoms with Gasteiger partial charge in [-0.05, 0) is 19.4 Å². The van der Waals surface area contributed by atoms with Gasteiger partial charge in [-0.3, -0.25) is 0 Å². The fourth-order valence-corrected chi connectivity index (χ4v) is 1.59. The van der Waals surface area contributed by atoms with E-state index in [0.717, 1.165) is 17.0 Å². The predicted molar refractivity (Wildman–Crippen MR) is 69.2 cm³/mol. The normalized spacial score (nSPS) is 12.2. The molecule has 1 unspecified atom stereocenters. The van der Waals surface area contributed by atoms with Crippen LogP contribution in [-0.4, -0.2) is 26.9 Å². The van der Waals surface area contributed by atoms with E-state index in [2.05, 4.69) is 20.5 Å². The number of aryl methyl sites for hydroxylation is 2. The zero-order chi connectivity index (χ0) is 13.0. The molecule has 5 heteroatoms. The molecule has 2 aromatic rings. The van der Waals surface area contributed by atoms with Gasteiger partial charge in [0.25, 0.3) is 0 Å². The van der Waals surface area contributed by atoms with Gasteiger partial charge in [-0.2, -0.15) is 5.10 Å². The fraction of sp³-hybridized carbons (Fsp3) is 0.308. The van der Waals surface area contributed by atoms with Crippen molar-refractivity contribution in [1.29, 1.82) is 0 Å². The minimum atomic E-state index is -0.227. The fourth-order valence-electron chi connectivity index (χ4n) is 1.59. The van der Waals surface area contributed by atoms with Crippen LogP contribution < -0.4 is 5.32 Å². The van der Waals surface area contributed by atoms with Crippen LogP contribution in [0.15, 0.2) is 30.3 Å². The standard InChI is InChI=1S/C13H16N4O/c1-9-10(2)16-17-13(14-9)15-12(8-18)11-6-4-3-5-7-11/h3-7,12,18H,8H2,1-2H3,(H,14,15,17). The van der Waals surface area contributed by atoms with Crippen LogP contribution >= 0.6 is 0 Å². The summed E-state index contributed by atoms with van der Waals surface area (Å²) in [6.07, 6.45) is 0. The number of hydrogen-bond acceptors (Lipinski definition) is 5. The van der Waals surface area contributed by atoms with Crippen molar-refractivity contribution in [3.05, 3.63) is 47.3 Å². The highest BCUT2D eigenvalue weighted by Crippen LogP contribution is 2.16. The minimum Gasteiger partial charge on any atom is -0.394 e. The van der Waals surface area contributed by atoms with Gasteiger partial charge < -0.3 is 10.4 Å². The highest BCUT2D eigenvalue weighted by Gasteiger charge is 2.11. The van der Waals surface area contributed by atoms with Gasteiger partial charge in [-0.25, -0.2) is 4.98 Å². The molecule has 2 rings (SSSR count). The van der Waals surface area contributed by atoms with Crippen molar-refractivity contribution in [2.75, 3.05) is 11.9 Å². The van der Waals surface area contributed by atoms with E-state index in [0.29, 0.717) is 5.95 Å². The molecule has 0 saturated carbocycles. The van der Waals surface area contributed by atoms with Crippen LogP contribution in [-0.2, 0) is 0 Å². The van der Waals surface area contributed by atoms with Crippen molar-refractivity contribution in [3.63, 3.8) is 0 Å². The van der Waals surface area contributed by atoms with E-state index in [9.17, 15) is 5.11 Å². The molecule has 94 valence electrons.